The molecule has 0 aromatic rings. The van der Waals surface area contributed by atoms with Crippen molar-refractivity contribution in [3.8, 4) is 0 Å². The summed E-state index contributed by atoms with van der Waals surface area (Å²) in [4.78, 5) is 11.2. The highest BCUT2D eigenvalue weighted by molar-refractivity contribution is 5.82. The Morgan fingerprint density at radius 2 is 2.17 bits per heavy atom. The van der Waals surface area contributed by atoms with Crippen molar-refractivity contribution in [2.75, 3.05) is 6.61 Å². The zero-order valence-corrected chi connectivity index (χ0v) is 7.46. The van der Waals surface area contributed by atoms with Gasteiger partial charge >= 0.3 is 5.97 Å². The first kappa shape index (κ1) is 9.48. The molecular weight excluding hydrogens is 158 g/mol. The Bertz CT molecular complexity index is 192. The van der Waals surface area contributed by atoms with E-state index < -0.39 is 17.1 Å². The van der Waals surface area contributed by atoms with Gasteiger partial charge < -0.3 is 15.6 Å². The van der Waals surface area contributed by atoms with Gasteiger partial charge in [0.2, 0.25) is 0 Å². The lowest BCUT2D eigenvalue weighted by molar-refractivity contribution is -0.166. The quantitative estimate of drug-likeness (QED) is 0.567. The molecule has 1 rings (SSSR count). The van der Waals surface area contributed by atoms with Crippen molar-refractivity contribution in [2.45, 2.75) is 37.8 Å². The van der Waals surface area contributed by atoms with Crippen LogP contribution in [0.15, 0.2) is 0 Å². The first-order chi connectivity index (χ1) is 5.40. The largest absolute Gasteiger partial charge is 0.465 e. The topological polar surface area (TPSA) is 72.5 Å². The summed E-state index contributed by atoms with van der Waals surface area (Å²) in [5.74, 6) is -0.406. The highest BCUT2D eigenvalue weighted by Gasteiger charge is 2.54. The van der Waals surface area contributed by atoms with Gasteiger partial charge in [-0.2, -0.15) is 0 Å². The van der Waals surface area contributed by atoms with Gasteiger partial charge in [0.1, 0.15) is 5.54 Å². The molecule has 0 amide bonds. The highest BCUT2D eigenvalue weighted by Crippen LogP contribution is 2.39. The molecule has 4 nitrogen and oxygen atoms in total. The number of esters is 1. The van der Waals surface area contributed by atoms with Gasteiger partial charge in [0, 0.05) is 12.8 Å². The third kappa shape index (κ3) is 1.59. The van der Waals surface area contributed by atoms with Crippen molar-refractivity contribution >= 4 is 5.97 Å². The van der Waals surface area contributed by atoms with E-state index >= 15 is 0 Å². The summed E-state index contributed by atoms with van der Waals surface area (Å²) >= 11 is 0. The van der Waals surface area contributed by atoms with E-state index in [-0.39, 0.29) is 0 Å². The summed E-state index contributed by atoms with van der Waals surface area (Å²) in [5.41, 5.74) is 3.94. The standard InChI is InChI=1S/C8H15NO3/c1-3-12-6(10)8(9)4-7(2,11)5-8/h11H,3-5,9H2,1-2H3. The second kappa shape index (κ2) is 2.71. The van der Waals surface area contributed by atoms with Crippen LogP contribution in [0.5, 0.6) is 0 Å². The maximum Gasteiger partial charge on any atom is 0.326 e. The third-order valence-electron chi connectivity index (χ3n) is 2.07. The van der Waals surface area contributed by atoms with Crippen molar-refractivity contribution < 1.29 is 14.6 Å². The number of hydrogen-bond acceptors (Lipinski definition) is 4. The Kier molecular flexibility index (Phi) is 2.14. The first-order valence-corrected chi connectivity index (χ1v) is 4.08. The molecule has 12 heavy (non-hydrogen) atoms. The molecule has 3 N–H and O–H groups in total. The highest BCUT2D eigenvalue weighted by atomic mass is 16.5. The second-order valence-corrected chi connectivity index (χ2v) is 3.73. The van der Waals surface area contributed by atoms with Crippen molar-refractivity contribution in [3.05, 3.63) is 0 Å². The van der Waals surface area contributed by atoms with Crippen LogP contribution in [-0.2, 0) is 9.53 Å². The van der Waals surface area contributed by atoms with E-state index in [9.17, 15) is 9.90 Å². The van der Waals surface area contributed by atoms with E-state index in [0.717, 1.165) is 0 Å². The van der Waals surface area contributed by atoms with Gasteiger partial charge in [-0.25, -0.2) is 0 Å². The maximum atomic E-state index is 11.2. The number of nitrogens with two attached hydrogens (primary N) is 1. The van der Waals surface area contributed by atoms with Crippen LogP contribution in [0.3, 0.4) is 0 Å². The molecule has 1 aliphatic rings. The molecular formula is C8H15NO3. The average Bonchev–Trinajstić information content (AvgIpc) is 1.83. The van der Waals surface area contributed by atoms with E-state index in [1.54, 1.807) is 13.8 Å². The second-order valence-electron chi connectivity index (χ2n) is 3.73. The van der Waals surface area contributed by atoms with Gasteiger partial charge in [-0.3, -0.25) is 4.79 Å². The SMILES string of the molecule is CCOC(=O)C1(N)CC(C)(O)C1. The number of ether oxygens (including phenoxy) is 1. The summed E-state index contributed by atoms with van der Waals surface area (Å²) in [6.45, 7) is 3.73. The molecule has 0 atom stereocenters. The van der Waals surface area contributed by atoms with E-state index in [1.165, 1.54) is 0 Å². The van der Waals surface area contributed by atoms with E-state index in [4.69, 9.17) is 10.5 Å². The van der Waals surface area contributed by atoms with Crippen LogP contribution in [-0.4, -0.2) is 28.8 Å². The Morgan fingerprint density at radius 1 is 1.67 bits per heavy atom. The van der Waals surface area contributed by atoms with Crippen LogP contribution in [0.4, 0.5) is 0 Å². The van der Waals surface area contributed by atoms with Crippen molar-refractivity contribution in [1.29, 1.82) is 0 Å². The van der Waals surface area contributed by atoms with Crippen molar-refractivity contribution in [2.24, 2.45) is 5.73 Å². The molecule has 4 heteroatoms. The molecule has 0 heterocycles. The molecule has 1 fully saturated rings. The Hall–Kier alpha value is -0.610. The molecule has 0 aliphatic heterocycles. The van der Waals surface area contributed by atoms with Crippen LogP contribution >= 0.6 is 0 Å². The first-order valence-electron chi connectivity index (χ1n) is 4.08. The Labute approximate surface area is 71.7 Å². The average molecular weight is 173 g/mol. The van der Waals surface area contributed by atoms with Crippen LogP contribution in [0.1, 0.15) is 26.7 Å². The zero-order chi connectivity index (χ0) is 9.41. The lowest BCUT2D eigenvalue weighted by Crippen LogP contribution is -2.65. The predicted molar refractivity (Wildman–Crippen MR) is 43.4 cm³/mol. The molecule has 1 saturated carbocycles. The van der Waals surface area contributed by atoms with Crippen LogP contribution in [0.2, 0.25) is 0 Å². The van der Waals surface area contributed by atoms with Gasteiger partial charge in [0.15, 0.2) is 0 Å². The van der Waals surface area contributed by atoms with E-state index in [1.807, 2.05) is 0 Å². The number of aliphatic hydroxyl groups is 1. The minimum atomic E-state index is -0.945. The van der Waals surface area contributed by atoms with E-state index in [2.05, 4.69) is 0 Å². The summed E-state index contributed by atoms with van der Waals surface area (Å²) < 4.78 is 4.77. The molecule has 0 unspecified atom stereocenters. The maximum absolute atomic E-state index is 11.2. The molecule has 70 valence electrons. The number of carbonyl (C=O) groups excluding carboxylic acids is 1. The Morgan fingerprint density at radius 3 is 2.50 bits per heavy atom. The lowest BCUT2D eigenvalue weighted by Gasteiger charge is -2.46. The number of hydrogen-bond donors (Lipinski definition) is 2. The zero-order valence-electron chi connectivity index (χ0n) is 7.46. The van der Waals surface area contributed by atoms with Crippen molar-refractivity contribution in [3.63, 3.8) is 0 Å². The van der Waals surface area contributed by atoms with Gasteiger partial charge in [0.05, 0.1) is 12.2 Å². The monoisotopic (exact) mass is 173 g/mol. The summed E-state index contributed by atoms with van der Waals surface area (Å²) in [6.07, 6.45) is 0.581. The van der Waals surface area contributed by atoms with Crippen LogP contribution in [0, 0.1) is 0 Å². The Balaban J connectivity index is 2.49. The molecule has 0 aromatic heterocycles. The summed E-state index contributed by atoms with van der Waals surface area (Å²) in [7, 11) is 0. The smallest absolute Gasteiger partial charge is 0.326 e. The normalized spacial score (nSPS) is 40.3. The van der Waals surface area contributed by atoms with Gasteiger partial charge in [-0.15, -0.1) is 0 Å². The number of rotatable bonds is 2. The molecule has 0 saturated heterocycles. The fourth-order valence-electron chi connectivity index (χ4n) is 1.73. The summed E-state index contributed by atoms with van der Waals surface area (Å²) in [5, 5.41) is 9.38. The van der Waals surface area contributed by atoms with Crippen LogP contribution < -0.4 is 5.73 Å². The minimum absolute atomic E-state index is 0.291. The molecule has 1 aliphatic carbocycles. The van der Waals surface area contributed by atoms with E-state index in [0.29, 0.717) is 19.4 Å². The molecule has 0 spiro atoms. The molecule has 0 aromatic carbocycles. The summed E-state index contributed by atoms with van der Waals surface area (Å²) in [6, 6.07) is 0. The molecule has 0 bridgehead atoms. The van der Waals surface area contributed by atoms with Crippen LogP contribution in [0.25, 0.3) is 0 Å². The van der Waals surface area contributed by atoms with Crippen molar-refractivity contribution in [1.82, 2.24) is 0 Å². The lowest BCUT2D eigenvalue weighted by atomic mass is 9.66. The third-order valence-corrected chi connectivity index (χ3v) is 2.07. The number of carbonyl (C=O) groups is 1. The van der Waals surface area contributed by atoms with Gasteiger partial charge in [-0.1, -0.05) is 0 Å². The fraction of sp³-hybridized carbons (Fsp3) is 0.875. The molecule has 0 radical (unpaired) electrons. The van der Waals surface area contributed by atoms with Gasteiger partial charge in [0.25, 0.3) is 0 Å². The van der Waals surface area contributed by atoms with Gasteiger partial charge in [-0.05, 0) is 13.8 Å². The minimum Gasteiger partial charge on any atom is -0.465 e. The fourth-order valence-corrected chi connectivity index (χ4v) is 1.73. The predicted octanol–water partition coefficient (Wildman–Crippen LogP) is -0.208.